The molecule has 0 aromatic heterocycles. The standard InChI is InChI=1S/C6H6O3/c1-2-4-6-5(7-6)3(1)8-9-4/h1-6H/t3-,4+,5+,6-. The molecule has 0 aromatic rings. The number of epoxide rings is 1. The third kappa shape index (κ3) is 0.431. The van der Waals surface area contributed by atoms with E-state index in [-0.39, 0.29) is 12.2 Å². The highest BCUT2D eigenvalue weighted by atomic mass is 17.2. The third-order valence-electron chi connectivity index (χ3n) is 1.98. The van der Waals surface area contributed by atoms with Crippen molar-refractivity contribution in [1.82, 2.24) is 0 Å². The molecule has 4 atom stereocenters. The fourth-order valence-electron chi connectivity index (χ4n) is 1.40. The first-order valence-corrected chi connectivity index (χ1v) is 3.11. The fourth-order valence-corrected chi connectivity index (χ4v) is 1.40. The van der Waals surface area contributed by atoms with Crippen LogP contribution in [-0.2, 0) is 14.5 Å². The predicted molar refractivity (Wildman–Crippen MR) is 27.5 cm³/mol. The van der Waals surface area contributed by atoms with Gasteiger partial charge in [0.25, 0.3) is 0 Å². The molecule has 9 heavy (non-hydrogen) atoms. The number of rotatable bonds is 0. The maximum absolute atomic E-state index is 5.25. The van der Waals surface area contributed by atoms with Gasteiger partial charge in [-0.3, -0.25) is 0 Å². The minimum Gasteiger partial charge on any atom is -0.363 e. The highest BCUT2D eigenvalue weighted by molar-refractivity contribution is 5.17. The maximum Gasteiger partial charge on any atom is 0.140 e. The summed E-state index contributed by atoms with van der Waals surface area (Å²) in [5.74, 6) is 0. The Morgan fingerprint density at radius 3 is 1.78 bits per heavy atom. The Morgan fingerprint density at radius 1 is 0.889 bits per heavy atom. The van der Waals surface area contributed by atoms with E-state index in [2.05, 4.69) is 0 Å². The molecule has 48 valence electrons. The van der Waals surface area contributed by atoms with E-state index in [1.807, 2.05) is 12.2 Å². The van der Waals surface area contributed by atoms with Gasteiger partial charge in [0.05, 0.1) is 0 Å². The van der Waals surface area contributed by atoms with Gasteiger partial charge >= 0.3 is 0 Å². The molecule has 2 saturated heterocycles. The summed E-state index contributed by atoms with van der Waals surface area (Å²) in [7, 11) is 0. The Labute approximate surface area is 52.1 Å². The van der Waals surface area contributed by atoms with Gasteiger partial charge in [-0.15, -0.1) is 0 Å². The van der Waals surface area contributed by atoms with Crippen molar-refractivity contribution in [2.75, 3.05) is 0 Å². The molecule has 0 spiro atoms. The second-order valence-electron chi connectivity index (χ2n) is 2.57. The van der Waals surface area contributed by atoms with Crippen molar-refractivity contribution < 1.29 is 14.5 Å². The van der Waals surface area contributed by atoms with Gasteiger partial charge in [-0.05, 0) is 0 Å². The summed E-state index contributed by atoms with van der Waals surface area (Å²) in [6.07, 6.45) is 4.74. The smallest absolute Gasteiger partial charge is 0.140 e. The molecule has 2 bridgehead atoms. The van der Waals surface area contributed by atoms with Crippen molar-refractivity contribution in [2.24, 2.45) is 0 Å². The predicted octanol–water partition coefficient (Wildman–Crippen LogP) is 0.0226. The molecule has 3 heterocycles. The van der Waals surface area contributed by atoms with Crippen LogP contribution >= 0.6 is 0 Å². The van der Waals surface area contributed by atoms with Crippen LogP contribution in [0.4, 0.5) is 0 Å². The van der Waals surface area contributed by atoms with Crippen LogP contribution in [0.3, 0.4) is 0 Å². The van der Waals surface area contributed by atoms with Crippen LogP contribution in [0, 0.1) is 0 Å². The normalized spacial score (nSPS) is 59.6. The molecule has 0 radical (unpaired) electrons. The minimum absolute atomic E-state index is 0.0694. The first kappa shape index (κ1) is 4.44. The highest BCUT2D eigenvalue weighted by Gasteiger charge is 2.56. The van der Waals surface area contributed by atoms with E-state index in [4.69, 9.17) is 14.5 Å². The van der Waals surface area contributed by atoms with Crippen LogP contribution in [0.15, 0.2) is 12.2 Å². The third-order valence-corrected chi connectivity index (χ3v) is 1.98. The van der Waals surface area contributed by atoms with E-state index in [1.54, 1.807) is 0 Å². The highest BCUT2D eigenvalue weighted by Crippen LogP contribution is 2.40. The van der Waals surface area contributed by atoms with Crippen LogP contribution in [0.1, 0.15) is 0 Å². The molecule has 4 aliphatic rings. The van der Waals surface area contributed by atoms with Gasteiger partial charge in [0, 0.05) is 0 Å². The Hall–Kier alpha value is -0.380. The summed E-state index contributed by atoms with van der Waals surface area (Å²) in [5, 5.41) is 0. The molecular formula is C6H6O3. The summed E-state index contributed by atoms with van der Waals surface area (Å²) in [4.78, 5) is 9.84. The lowest BCUT2D eigenvalue weighted by Crippen LogP contribution is -2.37. The number of hydrogen-bond acceptors (Lipinski definition) is 3. The molecule has 0 aromatic carbocycles. The zero-order valence-electron chi connectivity index (χ0n) is 4.69. The van der Waals surface area contributed by atoms with Gasteiger partial charge in [-0.2, -0.15) is 0 Å². The zero-order valence-corrected chi connectivity index (χ0v) is 4.69. The van der Waals surface area contributed by atoms with Crippen LogP contribution in [0.5, 0.6) is 0 Å². The lowest BCUT2D eigenvalue weighted by molar-refractivity contribution is -0.352. The number of fused-ring (bicyclic) bond motifs is 1. The molecule has 0 N–H and O–H groups in total. The molecule has 4 rings (SSSR count). The van der Waals surface area contributed by atoms with E-state index in [9.17, 15) is 0 Å². The van der Waals surface area contributed by atoms with Crippen molar-refractivity contribution in [1.29, 1.82) is 0 Å². The topological polar surface area (TPSA) is 31.0 Å². The number of ether oxygens (including phenoxy) is 1. The van der Waals surface area contributed by atoms with Gasteiger partial charge in [0.15, 0.2) is 0 Å². The Bertz CT molecular complexity index is 159. The summed E-state index contributed by atoms with van der Waals surface area (Å²) >= 11 is 0. The molecule has 3 aliphatic heterocycles. The fraction of sp³-hybridized carbons (Fsp3) is 0.667. The molecule has 3 heteroatoms. The molecule has 0 saturated carbocycles. The van der Waals surface area contributed by atoms with Crippen molar-refractivity contribution in [3.8, 4) is 0 Å². The lowest BCUT2D eigenvalue weighted by atomic mass is 10.0. The second-order valence-corrected chi connectivity index (χ2v) is 2.57. The van der Waals surface area contributed by atoms with Gasteiger partial charge in [-0.1, -0.05) is 12.2 Å². The second kappa shape index (κ2) is 1.21. The van der Waals surface area contributed by atoms with Gasteiger partial charge < -0.3 is 4.74 Å². The van der Waals surface area contributed by atoms with E-state index >= 15 is 0 Å². The first-order valence-electron chi connectivity index (χ1n) is 3.11. The van der Waals surface area contributed by atoms with Crippen molar-refractivity contribution in [3.63, 3.8) is 0 Å². The van der Waals surface area contributed by atoms with Crippen molar-refractivity contribution in [2.45, 2.75) is 24.4 Å². The van der Waals surface area contributed by atoms with E-state index in [0.717, 1.165) is 0 Å². The number of hydrogen-bond donors (Lipinski definition) is 0. The molecule has 2 fully saturated rings. The summed E-state index contributed by atoms with van der Waals surface area (Å²) in [6.45, 7) is 0. The van der Waals surface area contributed by atoms with Crippen molar-refractivity contribution >= 4 is 0 Å². The van der Waals surface area contributed by atoms with Gasteiger partial charge in [0.1, 0.15) is 24.4 Å². The van der Waals surface area contributed by atoms with Crippen molar-refractivity contribution in [3.05, 3.63) is 12.2 Å². The summed E-state index contributed by atoms with van der Waals surface area (Å²) in [6, 6.07) is 0. The van der Waals surface area contributed by atoms with Crippen LogP contribution in [0.25, 0.3) is 0 Å². The molecule has 3 nitrogen and oxygen atoms in total. The molecule has 1 aliphatic carbocycles. The molecular weight excluding hydrogens is 120 g/mol. The Morgan fingerprint density at radius 2 is 1.44 bits per heavy atom. The Kier molecular flexibility index (Phi) is 0.596. The van der Waals surface area contributed by atoms with Gasteiger partial charge in [-0.25, -0.2) is 9.78 Å². The van der Waals surface area contributed by atoms with Gasteiger partial charge in [0.2, 0.25) is 0 Å². The summed E-state index contributed by atoms with van der Waals surface area (Å²) < 4.78 is 5.25. The zero-order chi connectivity index (χ0) is 5.84. The van der Waals surface area contributed by atoms with E-state index in [0.29, 0.717) is 12.2 Å². The average Bonchev–Trinajstić information content (AvgIpc) is 2.68. The molecule has 0 amide bonds. The van der Waals surface area contributed by atoms with Crippen LogP contribution in [0.2, 0.25) is 0 Å². The SMILES string of the molecule is C1=C[C@H]2OO[C@@H]1[C@H]1O[C@H]12. The quantitative estimate of drug-likeness (QED) is 0.260. The average molecular weight is 126 g/mol. The largest absolute Gasteiger partial charge is 0.363 e. The van der Waals surface area contributed by atoms with Crippen LogP contribution in [-0.4, -0.2) is 24.4 Å². The Balaban J connectivity index is 2.05. The van der Waals surface area contributed by atoms with E-state index < -0.39 is 0 Å². The first-order chi connectivity index (χ1) is 4.45. The monoisotopic (exact) mass is 126 g/mol. The van der Waals surface area contributed by atoms with Crippen LogP contribution < -0.4 is 0 Å². The summed E-state index contributed by atoms with van der Waals surface area (Å²) in [5.41, 5.74) is 0. The minimum atomic E-state index is 0.0694. The maximum atomic E-state index is 5.25. The van der Waals surface area contributed by atoms with E-state index in [1.165, 1.54) is 0 Å². The lowest BCUT2D eigenvalue weighted by Gasteiger charge is -2.24. The molecule has 0 unspecified atom stereocenters.